The Morgan fingerprint density at radius 1 is 1.23 bits per heavy atom. The number of nitrogens with zero attached hydrogens (tertiary/aromatic N) is 2. The maximum Gasteiger partial charge on any atom is 0.306 e. The summed E-state index contributed by atoms with van der Waals surface area (Å²) in [6.45, 7) is 3.32. The van der Waals surface area contributed by atoms with Crippen molar-refractivity contribution >= 4 is 17.8 Å². The lowest BCUT2D eigenvalue weighted by Gasteiger charge is -2.41. The Labute approximate surface area is 152 Å². The minimum atomic E-state index is -0.947. The van der Waals surface area contributed by atoms with E-state index >= 15 is 0 Å². The molecule has 2 amide bonds. The number of ether oxygens (including phenoxy) is 1. The van der Waals surface area contributed by atoms with Crippen molar-refractivity contribution in [3.8, 4) is 0 Å². The minimum Gasteiger partial charge on any atom is -0.481 e. The normalized spacial score (nSPS) is 26.0. The van der Waals surface area contributed by atoms with Crippen molar-refractivity contribution in [1.29, 1.82) is 0 Å². The van der Waals surface area contributed by atoms with Crippen LogP contribution in [0.1, 0.15) is 36.5 Å². The maximum absolute atomic E-state index is 13.2. The lowest BCUT2D eigenvalue weighted by atomic mass is 9.95. The lowest BCUT2D eigenvalue weighted by molar-refractivity contribution is -0.153. The fourth-order valence-electron chi connectivity index (χ4n) is 3.81. The van der Waals surface area contributed by atoms with Crippen LogP contribution in [0, 0.1) is 0 Å². The van der Waals surface area contributed by atoms with Gasteiger partial charge in [0.25, 0.3) is 5.91 Å². The van der Waals surface area contributed by atoms with E-state index in [0.29, 0.717) is 31.7 Å². The van der Waals surface area contributed by atoms with Gasteiger partial charge in [-0.25, -0.2) is 0 Å². The summed E-state index contributed by atoms with van der Waals surface area (Å²) in [5, 5.41) is 8.96. The van der Waals surface area contributed by atoms with Gasteiger partial charge in [0, 0.05) is 25.2 Å². The Bertz CT molecular complexity index is 692. The van der Waals surface area contributed by atoms with Crippen LogP contribution in [0.3, 0.4) is 0 Å². The SMILES string of the molecule is CC1(C(=O)N2CCOC(CC(=O)O)C2)CCCN1C(=O)c1ccccc1. The first kappa shape index (κ1) is 18.4. The number of hydrogen-bond acceptors (Lipinski definition) is 4. The highest BCUT2D eigenvalue weighted by Crippen LogP contribution is 2.33. The molecule has 26 heavy (non-hydrogen) atoms. The highest BCUT2D eigenvalue weighted by Gasteiger charge is 2.48. The molecule has 0 saturated carbocycles. The molecule has 2 saturated heterocycles. The number of carbonyl (C=O) groups is 3. The van der Waals surface area contributed by atoms with Crippen molar-refractivity contribution in [3.05, 3.63) is 35.9 Å². The Morgan fingerprint density at radius 3 is 2.65 bits per heavy atom. The van der Waals surface area contributed by atoms with E-state index in [2.05, 4.69) is 0 Å². The average molecular weight is 360 g/mol. The summed E-state index contributed by atoms with van der Waals surface area (Å²) in [6.07, 6.45) is 0.732. The molecular weight excluding hydrogens is 336 g/mol. The summed E-state index contributed by atoms with van der Waals surface area (Å²) in [4.78, 5) is 40.4. The van der Waals surface area contributed by atoms with Crippen LogP contribution in [-0.2, 0) is 14.3 Å². The van der Waals surface area contributed by atoms with Gasteiger partial charge in [0.1, 0.15) is 5.54 Å². The van der Waals surface area contributed by atoms with Crippen LogP contribution in [0.5, 0.6) is 0 Å². The molecule has 7 nitrogen and oxygen atoms in total. The van der Waals surface area contributed by atoms with Gasteiger partial charge >= 0.3 is 5.97 Å². The molecule has 2 heterocycles. The molecule has 0 aliphatic carbocycles. The van der Waals surface area contributed by atoms with Crippen molar-refractivity contribution in [1.82, 2.24) is 9.80 Å². The zero-order valence-corrected chi connectivity index (χ0v) is 14.9. The Morgan fingerprint density at radius 2 is 1.96 bits per heavy atom. The first-order valence-corrected chi connectivity index (χ1v) is 8.91. The second-order valence-electron chi connectivity index (χ2n) is 7.04. The van der Waals surface area contributed by atoms with E-state index in [9.17, 15) is 14.4 Å². The third-order valence-corrected chi connectivity index (χ3v) is 5.20. The number of aliphatic carboxylic acids is 1. The topological polar surface area (TPSA) is 87.2 Å². The summed E-state index contributed by atoms with van der Waals surface area (Å²) >= 11 is 0. The summed E-state index contributed by atoms with van der Waals surface area (Å²) in [7, 11) is 0. The zero-order chi connectivity index (χ0) is 18.7. The molecule has 2 aliphatic rings. The molecule has 0 aromatic heterocycles. The van der Waals surface area contributed by atoms with Crippen molar-refractivity contribution in [2.45, 2.75) is 37.8 Å². The maximum atomic E-state index is 13.2. The van der Waals surface area contributed by atoms with Gasteiger partial charge in [-0.15, -0.1) is 0 Å². The van der Waals surface area contributed by atoms with Gasteiger partial charge in [-0.2, -0.15) is 0 Å². The number of benzene rings is 1. The first-order chi connectivity index (χ1) is 12.4. The lowest BCUT2D eigenvalue weighted by Crippen LogP contribution is -2.59. The van der Waals surface area contributed by atoms with E-state index in [1.54, 1.807) is 34.1 Å². The highest BCUT2D eigenvalue weighted by atomic mass is 16.5. The predicted molar refractivity (Wildman–Crippen MR) is 93.7 cm³/mol. The fourth-order valence-corrected chi connectivity index (χ4v) is 3.81. The smallest absolute Gasteiger partial charge is 0.306 e. The number of carbonyl (C=O) groups excluding carboxylic acids is 2. The van der Waals surface area contributed by atoms with E-state index in [0.717, 1.165) is 6.42 Å². The molecule has 0 bridgehead atoms. The second kappa shape index (κ2) is 7.45. The van der Waals surface area contributed by atoms with Crippen molar-refractivity contribution in [3.63, 3.8) is 0 Å². The fraction of sp³-hybridized carbons (Fsp3) is 0.526. The van der Waals surface area contributed by atoms with E-state index in [-0.39, 0.29) is 24.8 Å². The van der Waals surface area contributed by atoms with E-state index in [4.69, 9.17) is 9.84 Å². The summed E-state index contributed by atoms with van der Waals surface area (Å²) < 4.78 is 5.45. The van der Waals surface area contributed by atoms with E-state index < -0.39 is 17.6 Å². The quantitative estimate of drug-likeness (QED) is 0.877. The van der Waals surface area contributed by atoms with Crippen LogP contribution in [0.15, 0.2) is 30.3 Å². The molecule has 2 unspecified atom stereocenters. The molecule has 0 radical (unpaired) electrons. The number of amides is 2. The molecule has 2 atom stereocenters. The van der Waals surface area contributed by atoms with E-state index in [1.165, 1.54) is 0 Å². The van der Waals surface area contributed by atoms with Gasteiger partial charge in [0.05, 0.1) is 19.1 Å². The molecular formula is C19H24N2O5. The van der Waals surface area contributed by atoms with Gasteiger partial charge in [-0.1, -0.05) is 18.2 Å². The summed E-state index contributed by atoms with van der Waals surface area (Å²) in [5.74, 6) is -1.22. The number of rotatable bonds is 4. The van der Waals surface area contributed by atoms with Crippen LogP contribution >= 0.6 is 0 Å². The number of morpholine rings is 1. The van der Waals surface area contributed by atoms with Crippen molar-refractivity contribution in [2.24, 2.45) is 0 Å². The van der Waals surface area contributed by atoms with Crippen LogP contribution < -0.4 is 0 Å². The van der Waals surface area contributed by atoms with Crippen LogP contribution in [0.2, 0.25) is 0 Å². The first-order valence-electron chi connectivity index (χ1n) is 8.91. The molecule has 1 N–H and O–H groups in total. The molecule has 1 aromatic rings. The molecule has 3 rings (SSSR count). The minimum absolute atomic E-state index is 0.127. The molecule has 1 aromatic carbocycles. The Balaban J connectivity index is 1.76. The summed E-state index contributed by atoms with van der Waals surface area (Å²) in [6, 6.07) is 8.97. The van der Waals surface area contributed by atoms with Gasteiger partial charge in [0.2, 0.25) is 5.91 Å². The number of hydrogen-bond donors (Lipinski definition) is 1. The Hall–Kier alpha value is -2.41. The van der Waals surface area contributed by atoms with Gasteiger partial charge in [-0.3, -0.25) is 14.4 Å². The predicted octanol–water partition coefficient (Wildman–Crippen LogP) is 1.38. The van der Waals surface area contributed by atoms with Crippen LogP contribution in [-0.4, -0.2) is 70.6 Å². The Kier molecular flexibility index (Phi) is 5.27. The van der Waals surface area contributed by atoms with Crippen molar-refractivity contribution in [2.75, 3.05) is 26.2 Å². The number of carboxylic acid groups (broad SMARTS) is 1. The molecule has 7 heteroatoms. The third kappa shape index (κ3) is 3.58. The molecule has 140 valence electrons. The van der Waals surface area contributed by atoms with E-state index in [1.807, 2.05) is 13.0 Å². The van der Waals surface area contributed by atoms with Gasteiger partial charge in [-0.05, 0) is 31.9 Å². The average Bonchev–Trinajstić information content (AvgIpc) is 3.03. The summed E-state index contributed by atoms with van der Waals surface area (Å²) in [5.41, 5.74) is -0.336. The second-order valence-corrected chi connectivity index (χ2v) is 7.04. The zero-order valence-electron chi connectivity index (χ0n) is 14.9. The molecule has 2 aliphatic heterocycles. The number of carboxylic acids is 1. The van der Waals surface area contributed by atoms with Gasteiger partial charge < -0.3 is 19.6 Å². The van der Waals surface area contributed by atoms with Crippen LogP contribution in [0.25, 0.3) is 0 Å². The largest absolute Gasteiger partial charge is 0.481 e. The van der Waals surface area contributed by atoms with Crippen LogP contribution in [0.4, 0.5) is 0 Å². The van der Waals surface area contributed by atoms with Gasteiger partial charge in [0.15, 0.2) is 0 Å². The highest BCUT2D eigenvalue weighted by molar-refractivity contribution is 5.99. The monoisotopic (exact) mass is 360 g/mol. The molecule has 2 fully saturated rings. The third-order valence-electron chi connectivity index (χ3n) is 5.20. The van der Waals surface area contributed by atoms with Crippen molar-refractivity contribution < 1.29 is 24.2 Å². The standard InChI is InChI=1S/C19H24N2O5/c1-19(18(25)20-10-11-26-15(13-20)12-16(22)23)8-5-9-21(19)17(24)14-6-3-2-4-7-14/h2-4,6-7,15H,5,8-13H2,1H3,(H,22,23). The molecule has 0 spiro atoms. The number of likely N-dealkylation sites (tertiary alicyclic amines) is 1.